The van der Waals surface area contributed by atoms with Crippen LogP contribution < -0.4 is 10.2 Å². The number of nitrogens with zero attached hydrogens (tertiary/aromatic N) is 2. The van der Waals surface area contributed by atoms with Crippen LogP contribution in [-0.4, -0.2) is 30.5 Å². The number of nitrogens with one attached hydrogen (secondary N) is 1. The third-order valence-corrected chi connectivity index (χ3v) is 4.15. The molecule has 1 amide bonds. The summed E-state index contributed by atoms with van der Waals surface area (Å²) in [6.07, 6.45) is 2.63. The van der Waals surface area contributed by atoms with Gasteiger partial charge < -0.3 is 10.2 Å². The topological polar surface area (TPSA) is 45.2 Å². The van der Waals surface area contributed by atoms with Crippen LogP contribution in [0, 0.1) is 5.92 Å². The number of amides is 1. The van der Waals surface area contributed by atoms with Crippen LogP contribution in [0.2, 0.25) is 5.02 Å². The van der Waals surface area contributed by atoms with E-state index in [1.165, 1.54) is 5.69 Å². The Morgan fingerprint density at radius 1 is 1.32 bits per heavy atom. The lowest BCUT2D eigenvalue weighted by molar-refractivity contribution is 0.0943. The highest BCUT2D eigenvalue weighted by Crippen LogP contribution is 2.23. The van der Waals surface area contributed by atoms with Crippen LogP contribution in [0.25, 0.3) is 0 Å². The number of aromatic nitrogens is 1. The molecule has 1 aliphatic heterocycles. The van der Waals surface area contributed by atoms with Gasteiger partial charge in [0, 0.05) is 36.5 Å². The number of halogens is 1. The Labute approximate surface area is 135 Å². The van der Waals surface area contributed by atoms with Crippen LogP contribution >= 0.6 is 11.6 Å². The molecule has 0 radical (unpaired) electrons. The van der Waals surface area contributed by atoms with E-state index in [1.807, 2.05) is 6.07 Å². The first kappa shape index (κ1) is 14.9. The minimum Gasteiger partial charge on any atom is -0.371 e. The van der Waals surface area contributed by atoms with Gasteiger partial charge in [0.2, 0.25) is 0 Å². The largest absolute Gasteiger partial charge is 0.371 e. The second-order valence-corrected chi connectivity index (χ2v) is 5.94. The van der Waals surface area contributed by atoms with E-state index < -0.39 is 0 Å². The lowest BCUT2D eigenvalue weighted by atomic mass is 10.1. The van der Waals surface area contributed by atoms with E-state index in [0.717, 1.165) is 19.5 Å². The van der Waals surface area contributed by atoms with E-state index in [0.29, 0.717) is 23.2 Å². The molecule has 3 rings (SSSR count). The molecule has 1 atom stereocenters. The molecule has 1 aromatic carbocycles. The Balaban J connectivity index is 1.52. The first-order valence-electron chi connectivity index (χ1n) is 7.42. The van der Waals surface area contributed by atoms with Gasteiger partial charge >= 0.3 is 0 Å². The van der Waals surface area contributed by atoms with Gasteiger partial charge in [-0.05, 0) is 36.6 Å². The summed E-state index contributed by atoms with van der Waals surface area (Å²) >= 11 is 5.88. The van der Waals surface area contributed by atoms with Crippen molar-refractivity contribution in [3.63, 3.8) is 0 Å². The Morgan fingerprint density at radius 2 is 2.14 bits per heavy atom. The van der Waals surface area contributed by atoms with E-state index in [4.69, 9.17) is 11.6 Å². The molecule has 4 nitrogen and oxygen atoms in total. The quantitative estimate of drug-likeness (QED) is 0.943. The van der Waals surface area contributed by atoms with Crippen molar-refractivity contribution in [2.75, 3.05) is 24.5 Å². The fraction of sp³-hybridized carbons (Fsp3) is 0.294. The molecule has 5 heteroatoms. The molecule has 1 N–H and O–H groups in total. The monoisotopic (exact) mass is 315 g/mol. The van der Waals surface area contributed by atoms with Crippen LogP contribution in [0.1, 0.15) is 16.9 Å². The number of anilines is 1. The van der Waals surface area contributed by atoms with Gasteiger partial charge in [-0.25, -0.2) is 0 Å². The summed E-state index contributed by atoms with van der Waals surface area (Å²) in [4.78, 5) is 18.5. The summed E-state index contributed by atoms with van der Waals surface area (Å²) in [6.45, 7) is 2.66. The fourth-order valence-electron chi connectivity index (χ4n) is 2.73. The van der Waals surface area contributed by atoms with Gasteiger partial charge in [-0.1, -0.05) is 29.8 Å². The summed E-state index contributed by atoms with van der Waals surface area (Å²) in [5.41, 5.74) is 1.61. The Hall–Kier alpha value is -2.07. The van der Waals surface area contributed by atoms with Crippen molar-refractivity contribution >= 4 is 23.2 Å². The minimum absolute atomic E-state index is 0.166. The molecule has 0 aliphatic carbocycles. The average Bonchev–Trinajstić information content (AvgIpc) is 3.02. The maximum absolute atomic E-state index is 12.1. The highest BCUT2D eigenvalue weighted by atomic mass is 35.5. The normalized spacial score (nSPS) is 17.5. The van der Waals surface area contributed by atoms with Crippen molar-refractivity contribution < 1.29 is 4.79 Å². The first-order valence-corrected chi connectivity index (χ1v) is 7.80. The highest BCUT2D eigenvalue weighted by Gasteiger charge is 2.23. The molecule has 0 saturated carbocycles. The van der Waals surface area contributed by atoms with Crippen molar-refractivity contribution in [3.05, 3.63) is 59.4 Å². The molecule has 0 bridgehead atoms. The number of carbonyl (C=O) groups is 1. The summed E-state index contributed by atoms with van der Waals surface area (Å²) in [7, 11) is 0. The molecular formula is C17H18ClN3O. The zero-order valence-corrected chi connectivity index (χ0v) is 13.0. The van der Waals surface area contributed by atoms with E-state index >= 15 is 0 Å². The summed E-state index contributed by atoms with van der Waals surface area (Å²) in [5, 5.41) is 3.48. The summed E-state index contributed by atoms with van der Waals surface area (Å²) in [5.74, 6) is 0.295. The number of rotatable bonds is 4. The molecule has 1 saturated heterocycles. The molecule has 1 fully saturated rings. The summed E-state index contributed by atoms with van der Waals surface area (Å²) in [6, 6.07) is 13.6. The lowest BCUT2D eigenvalue weighted by Gasteiger charge is -2.18. The predicted octanol–water partition coefficient (Wildman–Crippen LogP) is 2.99. The standard InChI is InChI=1S/C17H18ClN3O/c18-14-6-8-19-16(10-14)17(22)20-11-13-7-9-21(12-13)15-4-2-1-3-5-15/h1-6,8,10,13H,7,9,11-12H2,(H,20,22). The van der Waals surface area contributed by atoms with Gasteiger partial charge in [0.15, 0.2) is 0 Å². The Kier molecular flexibility index (Phi) is 4.59. The molecule has 22 heavy (non-hydrogen) atoms. The minimum atomic E-state index is -0.166. The van der Waals surface area contributed by atoms with Crippen LogP contribution in [0.5, 0.6) is 0 Å². The Bertz CT molecular complexity index is 647. The second-order valence-electron chi connectivity index (χ2n) is 5.51. The fourth-order valence-corrected chi connectivity index (χ4v) is 2.89. The predicted molar refractivity (Wildman–Crippen MR) is 88.3 cm³/mol. The van der Waals surface area contributed by atoms with Crippen molar-refractivity contribution in [1.29, 1.82) is 0 Å². The third-order valence-electron chi connectivity index (χ3n) is 3.91. The average molecular weight is 316 g/mol. The van der Waals surface area contributed by atoms with Crippen LogP contribution in [0.15, 0.2) is 48.7 Å². The summed E-state index contributed by atoms with van der Waals surface area (Å²) < 4.78 is 0. The zero-order valence-electron chi connectivity index (χ0n) is 12.2. The van der Waals surface area contributed by atoms with Crippen molar-refractivity contribution in [2.24, 2.45) is 5.92 Å². The Morgan fingerprint density at radius 3 is 2.91 bits per heavy atom. The SMILES string of the molecule is O=C(NCC1CCN(c2ccccc2)C1)c1cc(Cl)ccn1. The van der Waals surface area contributed by atoms with Crippen LogP contribution in [0.4, 0.5) is 5.69 Å². The van der Waals surface area contributed by atoms with Gasteiger partial charge in [-0.15, -0.1) is 0 Å². The van der Waals surface area contributed by atoms with Crippen molar-refractivity contribution in [3.8, 4) is 0 Å². The van der Waals surface area contributed by atoms with Crippen molar-refractivity contribution in [1.82, 2.24) is 10.3 Å². The molecule has 0 spiro atoms. The van der Waals surface area contributed by atoms with Crippen LogP contribution in [-0.2, 0) is 0 Å². The molecule has 2 aromatic rings. The van der Waals surface area contributed by atoms with Gasteiger partial charge in [0.05, 0.1) is 0 Å². The number of carbonyl (C=O) groups excluding carboxylic acids is 1. The molecule has 1 aliphatic rings. The maximum atomic E-state index is 12.1. The molecule has 2 heterocycles. The number of para-hydroxylation sites is 1. The number of hydrogen-bond donors (Lipinski definition) is 1. The number of benzene rings is 1. The van der Waals surface area contributed by atoms with E-state index in [-0.39, 0.29) is 5.91 Å². The van der Waals surface area contributed by atoms with E-state index in [1.54, 1.807) is 18.3 Å². The molecule has 114 valence electrons. The van der Waals surface area contributed by atoms with E-state index in [2.05, 4.69) is 39.5 Å². The highest BCUT2D eigenvalue weighted by molar-refractivity contribution is 6.30. The lowest BCUT2D eigenvalue weighted by Crippen LogP contribution is -2.31. The molecule has 1 aromatic heterocycles. The van der Waals surface area contributed by atoms with Gasteiger partial charge in [0.25, 0.3) is 5.91 Å². The maximum Gasteiger partial charge on any atom is 0.269 e. The van der Waals surface area contributed by atoms with E-state index in [9.17, 15) is 4.79 Å². The van der Waals surface area contributed by atoms with Gasteiger partial charge in [-0.2, -0.15) is 0 Å². The van der Waals surface area contributed by atoms with Gasteiger partial charge in [0.1, 0.15) is 5.69 Å². The molecule has 1 unspecified atom stereocenters. The van der Waals surface area contributed by atoms with Crippen molar-refractivity contribution in [2.45, 2.75) is 6.42 Å². The first-order chi connectivity index (χ1) is 10.7. The molecular weight excluding hydrogens is 298 g/mol. The number of pyridine rings is 1. The van der Waals surface area contributed by atoms with Gasteiger partial charge in [-0.3, -0.25) is 9.78 Å². The second kappa shape index (κ2) is 6.79. The van der Waals surface area contributed by atoms with Crippen LogP contribution in [0.3, 0.4) is 0 Å². The third kappa shape index (κ3) is 3.57. The smallest absolute Gasteiger partial charge is 0.269 e. The number of hydrogen-bond acceptors (Lipinski definition) is 3. The zero-order chi connectivity index (χ0) is 15.4.